The fraction of sp³-hybridized carbons (Fsp3) is 0.579. The minimum atomic E-state index is -0.533. The van der Waals surface area contributed by atoms with Gasteiger partial charge in [0.25, 0.3) is 0 Å². The zero-order valence-corrected chi connectivity index (χ0v) is 16.1. The number of nitrogens with zero attached hydrogens (tertiary/aromatic N) is 1. The van der Waals surface area contributed by atoms with Crippen LogP contribution >= 0.6 is 0 Å². The molecule has 0 aromatic heterocycles. The zero-order chi connectivity index (χ0) is 18.7. The first-order chi connectivity index (χ1) is 11.9. The van der Waals surface area contributed by atoms with Crippen LogP contribution in [0.5, 0.6) is 5.75 Å². The number of rotatable bonds is 9. The summed E-state index contributed by atoms with van der Waals surface area (Å²) in [5.41, 5.74) is 0.695. The molecule has 6 heteroatoms. The van der Waals surface area contributed by atoms with E-state index in [9.17, 15) is 4.79 Å². The number of hydrogen-bond donors (Lipinski definition) is 3. The molecular weight excluding hydrogens is 316 g/mol. The van der Waals surface area contributed by atoms with Gasteiger partial charge in [-0.1, -0.05) is 12.1 Å². The van der Waals surface area contributed by atoms with E-state index >= 15 is 0 Å². The van der Waals surface area contributed by atoms with Gasteiger partial charge in [0.15, 0.2) is 5.96 Å². The second-order valence-electron chi connectivity index (χ2n) is 6.46. The van der Waals surface area contributed by atoms with Crippen molar-refractivity contribution < 1.29 is 9.53 Å². The number of ether oxygens (including phenoxy) is 1. The molecule has 0 radical (unpaired) electrons. The van der Waals surface area contributed by atoms with Crippen LogP contribution in [-0.4, -0.2) is 45.2 Å². The molecule has 0 saturated heterocycles. The Morgan fingerprint density at radius 3 is 2.28 bits per heavy atom. The van der Waals surface area contributed by atoms with Gasteiger partial charge in [0.1, 0.15) is 5.75 Å². The number of methoxy groups -OCH3 is 1. The van der Waals surface area contributed by atoms with Crippen LogP contribution in [0.15, 0.2) is 29.3 Å². The topological polar surface area (TPSA) is 74.8 Å². The number of carbonyl (C=O) groups excluding carboxylic acids is 1. The standard InChI is InChI=1S/C19H32N4O2/c1-6-20-17(24)19(3,4)14-23-18(21-7-2)22-13-12-15-8-10-16(25-5)11-9-15/h8-11H,6-7,12-14H2,1-5H3,(H,20,24)(H2,21,22,23). The van der Waals surface area contributed by atoms with Crippen LogP contribution in [0, 0.1) is 5.41 Å². The monoisotopic (exact) mass is 348 g/mol. The van der Waals surface area contributed by atoms with Gasteiger partial charge in [-0.25, -0.2) is 0 Å². The third-order valence-electron chi connectivity index (χ3n) is 3.79. The molecule has 140 valence electrons. The molecule has 6 nitrogen and oxygen atoms in total. The highest BCUT2D eigenvalue weighted by Gasteiger charge is 2.26. The number of benzene rings is 1. The quantitative estimate of drug-likeness (QED) is 0.471. The predicted octanol–water partition coefficient (Wildman–Crippen LogP) is 1.96. The molecule has 0 spiro atoms. The Morgan fingerprint density at radius 2 is 1.72 bits per heavy atom. The summed E-state index contributed by atoms with van der Waals surface area (Å²) in [4.78, 5) is 16.6. The first-order valence-corrected chi connectivity index (χ1v) is 8.86. The van der Waals surface area contributed by atoms with Gasteiger partial charge >= 0.3 is 0 Å². The van der Waals surface area contributed by atoms with E-state index in [0.29, 0.717) is 13.1 Å². The lowest BCUT2D eigenvalue weighted by Crippen LogP contribution is -2.42. The van der Waals surface area contributed by atoms with Gasteiger partial charge in [-0.05, 0) is 51.8 Å². The Hall–Kier alpha value is -2.24. The number of aliphatic imine (C=N–C) groups is 1. The molecular formula is C19H32N4O2. The molecule has 0 aliphatic carbocycles. The summed E-state index contributed by atoms with van der Waals surface area (Å²) in [6, 6.07) is 8.04. The lowest BCUT2D eigenvalue weighted by Gasteiger charge is -2.22. The van der Waals surface area contributed by atoms with E-state index in [1.807, 2.05) is 39.8 Å². The van der Waals surface area contributed by atoms with Crippen molar-refractivity contribution in [1.82, 2.24) is 16.0 Å². The number of nitrogens with one attached hydrogen (secondary N) is 3. The van der Waals surface area contributed by atoms with Crippen molar-refractivity contribution in [2.45, 2.75) is 34.1 Å². The summed E-state index contributed by atoms with van der Waals surface area (Å²) in [6.45, 7) is 10.3. The molecule has 0 fully saturated rings. The Bertz CT molecular complexity index is 553. The van der Waals surface area contributed by atoms with Crippen molar-refractivity contribution in [2.24, 2.45) is 10.4 Å². The summed E-state index contributed by atoms with van der Waals surface area (Å²) in [5.74, 6) is 1.61. The molecule has 25 heavy (non-hydrogen) atoms. The van der Waals surface area contributed by atoms with E-state index in [2.05, 4.69) is 33.1 Å². The van der Waals surface area contributed by atoms with Gasteiger partial charge < -0.3 is 20.7 Å². The summed E-state index contributed by atoms with van der Waals surface area (Å²) < 4.78 is 5.17. The van der Waals surface area contributed by atoms with Crippen LogP contribution in [0.1, 0.15) is 33.3 Å². The van der Waals surface area contributed by atoms with Crippen LogP contribution in [0.25, 0.3) is 0 Å². The highest BCUT2D eigenvalue weighted by molar-refractivity contribution is 5.83. The third-order valence-corrected chi connectivity index (χ3v) is 3.79. The lowest BCUT2D eigenvalue weighted by atomic mass is 9.92. The number of guanidine groups is 1. The fourth-order valence-electron chi connectivity index (χ4n) is 2.21. The van der Waals surface area contributed by atoms with Crippen molar-refractivity contribution >= 4 is 11.9 Å². The molecule has 0 unspecified atom stereocenters. The molecule has 0 aliphatic rings. The number of amides is 1. The number of hydrogen-bond acceptors (Lipinski definition) is 3. The van der Waals surface area contributed by atoms with E-state index in [-0.39, 0.29) is 5.91 Å². The molecule has 0 aliphatic heterocycles. The first kappa shape index (κ1) is 20.8. The average Bonchev–Trinajstić information content (AvgIpc) is 2.60. The molecule has 1 aromatic rings. The average molecular weight is 348 g/mol. The summed E-state index contributed by atoms with van der Waals surface area (Å²) in [5, 5.41) is 9.39. The molecule has 1 amide bonds. The predicted molar refractivity (Wildman–Crippen MR) is 103 cm³/mol. The second kappa shape index (κ2) is 10.6. The SMILES string of the molecule is CCNC(=O)C(C)(C)CN=C(NCC)NCCc1ccc(OC)cc1. The van der Waals surface area contributed by atoms with E-state index in [4.69, 9.17) is 4.74 Å². The summed E-state index contributed by atoms with van der Waals surface area (Å²) >= 11 is 0. The van der Waals surface area contributed by atoms with Crippen LogP contribution in [0.2, 0.25) is 0 Å². The lowest BCUT2D eigenvalue weighted by molar-refractivity contribution is -0.128. The van der Waals surface area contributed by atoms with Gasteiger partial charge in [-0.15, -0.1) is 0 Å². The Morgan fingerprint density at radius 1 is 1.08 bits per heavy atom. The molecule has 0 saturated carbocycles. The van der Waals surface area contributed by atoms with Crippen molar-refractivity contribution in [3.8, 4) is 5.75 Å². The van der Waals surface area contributed by atoms with E-state index < -0.39 is 5.41 Å². The van der Waals surface area contributed by atoms with Crippen LogP contribution in [0.3, 0.4) is 0 Å². The molecule has 0 heterocycles. The Labute approximate surface area is 151 Å². The van der Waals surface area contributed by atoms with Crippen LogP contribution in [0.4, 0.5) is 0 Å². The van der Waals surface area contributed by atoms with Gasteiger partial charge in [-0.2, -0.15) is 0 Å². The summed E-state index contributed by atoms with van der Waals surface area (Å²) in [7, 11) is 1.66. The highest BCUT2D eigenvalue weighted by atomic mass is 16.5. The van der Waals surface area contributed by atoms with Crippen molar-refractivity contribution in [2.75, 3.05) is 33.3 Å². The van der Waals surface area contributed by atoms with E-state index in [1.165, 1.54) is 5.56 Å². The zero-order valence-electron chi connectivity index (χ0n) is 16.1. The molecule has 1 aromatic carbocycles. The smallest absolute Gasteiger partial charge is 0.227 e. The molecule has 3 N–H and O–H groups in total. The van der Waals surface area contributed by atoms with E-state index in [1.54, 1.807) is 7.11 Å². The van der Waals surface area contributed by atoms with Gasteiger partial charge in [0, 0.05) is 19.6 Å². The largest absolute Gasteiger partial charge is 0.497 e. The van der Waals surface area contributed by atoms with E-state index in [0.717, 1.165) is 31.2 Å². The minimum absolute atomic E-state index is 0.0211. The van der Waals surface area contributed by atoms with Gasteiger partial charge in [0.05, 0.1) is 19.1 Å². The van der Waals surface area contributed by atoms with Crippen LogP contribution in [-0.2, 0) is 11.2 Å². The molecule has 1 rings (SSSR count). The van der Waals surface area contributed by atoms with Crippen molar-refractivity contribution in [3.63, 3.8) is 0 Å². The van der Waals surface area contributed by atoms with Crippen molar-refractivity contribution in [3.05, 3.63) is 29.8 Å². The maximum atomic E-state index is 12.1. The molecule has 0 atom stereocenters. The van der Waals surface area contributed by atoms with Gasteiger partial charge in [-0.3, -0.25) is 9.79 Å². The normalized spacial score (nSPS) is 11.8. The minimum Gasteiger partial charge on any atom is -0.497 e. The third kappa shape index (κ3) is 7.45. The Balaban J connectivity index is 2.56. The maximum absolute atomic E-state index is 12.1. The number of carbonyl (C=O) groups is 1. The summed E-state index contributed by atoms with van der Waals surface area (Å²) in [6.07, 6.45) is 0.883. The van der Waals surface area contributed by atoms with Gasteiger partial charge in [0.2, 0.25) is 5.91 Å². The fourth-order valence-corrected chi connectivity index (χ4v) is 2.21. The maximum Gasteiger partial charge on any atom is 0.227 e. The van der Waals surface area contributed by atoms with Crippen LogP contribution < -0.4 is 20.7 Å². The second-order valence-corrected chi connectivity index (χ2v) is 6.46. The highest BCUT2D eigenvalue weighted by Crippen LogP contribution is 2.15. The molecule has 0 bridgehead atoms. The Kier molecular flexibility index (Phi) is 8.81. The van der Waals surface area contributed by atoms with Crippen molar-refractivity contribution in [1.29, 1.82) is 0 Å². The first-order valence-electron chi connectivity index (χ1n) is 8.86.